The fraction of sp³-hybridized carbons (Fsp3) is 0.190. The highest BCUT2D eigenvalue weighted by Crippen LogP contribution is 2.26. The molecule has 2 N–H and O–H groups in total. The van der Waals surface area contributed by atoms with Crippen LogP contribution in [0.15, 0.2) is 67.3 Å². The Balaban J connectivity index is 0.000000550. The molecule has 1 heterocycles. The molecule has 0 bridgehead atoms. The van der Waals surface area contributed by atoms with E-state index in [-0.39, 0.29) is 5.97 Å². The van der Waals surface area contributed by atoms with E-state index in [0.717, 1.165) is 22.5 Å². The summed E-state index contributed by atoms with van der Waals surface area (Å²) in [6.45, 7) is 7.15. The highest BCUT2D eigenvalue weighted by molar-refractivity contribution is 5.76. The zero-order valence-electron chi connectivity index (χ0n) is 15.3. The van der Waals surface area contributed by atoms with Crippen molar-refractivity contribution in [2.75, 3.05) is 12.8 Å². The van der Waals surface area contributed by atoms with Gasteiger partial charge in [-0.25, -0.2) is 0 Å². The van der Waals surface area contributed by atoms with Gasteiger partial charge in [-0.05, 0) is 42.3 Å². The topological polar surface area (TPSA) is 57.2 Å². The number of hydrogen-bond acceptors (Lipinski definition) is 3. The number of methoxy groups -OCH3 is 1. The Morgan fingerprint density at radius 3 is 2.28 bits per heavy atom. The molecule has 0 saturated heterocycles. The van der Waals surface area contributed by atoms with Crippen LogP contribution in [0.5, 0.6) is 0 Å². The molecule has 4 heteroatoms. The average Bonchev–Trinajstić information content (AvgIpc) is 2.97. The molecule has 0 amide bonds. The van der Waals surface area contributed by atoms with Gasteiger partial charge in [0.25, 0.3) is 0 Å². The van der Waals surface area contributed by atoms with Crippen molar-refractivity contribution in [3.05, 3.63) is 73.0 Å². The molecular formula is C21H26N2O2. The summed E-state index contributed by atoms with van der Waals surface area (Å²) in [7, 11) is 3.42. The Kier molecular flexibility index (Phi) is 8.00. The first kappa shape index (κ1) is 20.0. The van der Waals surface area contributed by atoms with Gasteiger partial charge in [0.05, 0.1) is 7.11 Å². The molecule has 2 aromatic rings. The predicted molar refractivity (Wildman–Crippen MR) is 106 cm³/mol. The number of nitrogens with zero attached hydrogens (tertiary/aromatic N) is 1. The maximum atomic E-state index is 9.59. The van der Waals surface area contributed by atoms with E-state index >= 15 is 0 Å². The third-order valence-corrected chi connectivity index (χ3v) is 3.56. The zero-order chi connectivity index (χ0) is 18.8. The van der Waals surface area contributed by atoms with Crippen LogP contribution < -0.4 is 5.73 Å². The van der Waals surface area contributed by atoms with Gasteiger partial charge in [-0.2, -0.15) is 0 Å². The molecule has 1 aromatic heterocycles. The molecule has 25 heavy (non-hydrogen) atoms. The van der Waals surface area contributed by atoms with Crippen LogP contribution in [0.3, 0.4) is 0 Å². The van der Waals surface area contributed by atoms with Crippen molar-refractivity contribution < 1.29 is 9.53 Å². The maximum absolute atomic E-state index is 9.59. The lowest BCUT2D eigenvalue weighted by Crippen LogP contribution is -1.97. The SMILES string of the molecule is C=C/C=C(\C=C/C)c1ccc(-c2ccc(N)cc2)n1C.COC(C)=O. The molecule has 0 aliphatic rings. The van der Waals surface area contributed by atoms with Crippen molar-refractivity contribution in [1.82, 2.24) is 4.57 Å². The number of carbonyl (C=O) groups is 1. The number of allylic oxidation sites excluding steroid dienone is 5. The van der Waals surface area contributed by atoms with E-state index in [1.54, 1.807) is 0 Å². The summed E-state index contributed by atoms with van der Waals surface area (Å²) in [6.07, 6.45) is 7.95. The lowest BCUT2D eigenvalue weighted by atomic mass is 10.1. The first-order valence-corrected chi connectivity index (χ1v) is 7.96. The van der Waals surface area contributed by atoms with E-state index in [9.17, 15) is 4.79 Å². The van der Waals surface area contributed by atoms with Crippen molar-refractivity contribution in [3.8, 4) is 11.3 Å². The molecule has 0 aliphatic heterocycles. The first-order valence-electron chi connectivity index (χ1n) is 7.96. The van der Waals surface area contributed by atoms with Crippen molar-refractivity contribution in [2.24, 2.45) is 7.05 Å². The summed E-state index contributed by atoms with van der Waals surface area (Å²) in [6, 6.07) is 12.2. The van der Waals surface area contributed by atoms with Gasteiger partial charge in [0.15, 0.2) is 0 Å². The van der Waals surface area contributed by atoms with Crippen LogP contribution in [0.25, 0.3) is 16.8 Å². The number of aromatic nitrogens is 1. The van der Waals surface area contributed by atoms with Gasteiger partial charge in [-0.1, -0.05) is 43.0 Å². The summed E-state index contributed by atoms with van der Waals surface area (Å²) in [5, 5.41) is 0. The Labute approximate surface area is 149 Å². The van der Waals surface area contributed by atoms with Gasteiger partial charge in [-0.15, -0.1) is 0 Å². The van der Waals surface area contributed by atoms with Gasteiger partial charge in [-0.3, -0.25) is 4.79 Å². The van der Waals surface area contributed by atoms with Crippen molar-refractivity contribution in [2.45, 2.75) is 13.8 Å². The fourth-order valence-electron chi connectivity index (χ4n) is 2.28. The third-order valence-electron chi connectivity index (χ3n) is 3.56. The molecule has 4 nitrogen and oxygen atoms in total. The van der Waals surface area contributed by atoms with E-state index in [2.05, 4.69) is 41.1 Å². The molecule has 0 spiro atoms. The van der Waals surface area contributed by atoms with Crippen LogP contribution in [0, 0.1) is 0 Å². The number of nitrogen functional groups attached to an aromatic ring is 1. The van der Waals surface area contributed by atoms with E-state index in [4.69, 9.17) is 5.73 Å². The van der Waals surface area contributed by atoms with Crippen molar-refractivity contribution in [3.63, 3.8) is 0 Å². The van der Waals surface area contributed by atoms with Crippen LogP contribution in [0.2, 0.25) is 0 Å². The molecule has 0 saturated carbocycles. The minimum Gasteiger partial charge on any atom is -0.469 e. The van der Waals surface area contributed by atoms with Gasteiger partial charge in [0.2, 0.25) is 0 Å². The lowest BCUT2D eigenvalue weighted by molar-refractivity contribution is -0.137. The summed E-state index contributed by atoms with van der Waals surface area (Å²) in [4.78, 5) is 9.59. The second-order valence-corrected chi connectivity index (χ2v) is 5.34. The monoisotopic (exact) mass is 338 g/mol. The van der Waals surface area contributed by atoms with Crippen LogP contribution in [-0.4, -0.2) is 17.6 Å². The molecule has 0 aliphatic carbocycles. The summed E-state index contributed by atoms with van der Waals surface area (Å²) in [5.41, 5.74) is 11.2. The maximum Gasteiger partial charge on any atom is 0.302 e. The van der Waals surface area contributed by atoms with Gasteiger partial charge >= 0.3 is 5.97 Å². The number of ether oxygens (including phenoxy) is 1. The Morgan fingerprint density at radius 2 is 1.80 bits per heavy atom. The Bertz CT molecular complexity index is 766. The van der Waals surface area contributed by atoms with Crippen molar-refractivity contribution >= 4 is 17.2 Å². The molecule has 132 valence electrons. The number of rotatable bonds is 4. The molecule has 0 atom stereocenters. The van der Waals surface area contributed by atoms with Crippen LogP contribution in [0.4, 0.5) is 5.69 Å². The number of esters is 1. The molecule has 2 rings (SSSR count). The van der Waals surface area contributed by atoms with E-state index < -0.39 is 0 Å². The fourth-order valence-corrected chi connectivity index (χ4v) is 2.28. The normalized spacial score (nSPS) is 11.0. The van der Waals surface area contributed by atoms with Crippen molar-refractivity contribution in [1.29, 1.82) is 0 Å². The second-order valence-electron chi connectivity index (χ2n) is 5.34. The summed E-state index contributed by atoms with van der Waals surface area (Å²) >= 11 is 0. The summed E-state index contributed by atoms with van der Waals surface area (Å²) in [5.74, 6) is -0.245. The Morgan fingerprint density at radius 1 is 1.20 bits per heavy atom. The second kappa shape index (κ2) is 9.98. The highest BCUT2D eigenvalue weighted by atomic mass is 16.5. The first-order chi connectivity index (χ1) is 11.9. The molecule has 0 radical (unpaired) electrons. The Hall–Kier alpha value is -3.01. The largest absolute Gasteiger partial charge is 0.469 e. The molecule has 0 unspecified atom stereocenters. The minimum absolute atomic E-state index is 0.245. The smallest absolute Gasteiger partial charge is 0.302 e. The number of benzene rings is 1. The highest BCUT2D eigenvalue weighted by Gasteiger charge is 2.08. The predicted octanol–water partition coefficient (Wildman–Crippen LogP) is 4.60. The standard InChI is InChI=1S/C18H20N2.C3H6O2/c1-4-6-14(7-5-2)17-12-13-18(20(17)3)15-8-10-16(19)11-9-15;1-3(4)5-2/h4-13H,1,19H2,2-3H3;1-2H3/b7-5-,14-6+;. The van der Waals surface area contributed by atoms with E-state index in [0.29, 0.717) is 0 Å². The van der Waals surface area contributed by atoms with Gasteiger partial charge in [0.1, 0.15) is 0 Å². The van der Waals surface area contributed by atoms with Crippen LogP contribution in [-0.2, 0) is 16.6 Å². The number of carbonyl (C=O) groups excluding carboxylic acids is 1. The quantitative estimate of drug-likeness (QED) is 0.503. The van der Waals surface area contributed by atoms with E-state index in [1.165, 1.54) is 19.7 Å². The number of hydrogen-bond donors (Lipinski definition) is 1. The number of anilines is 1. The van der Waals surface area contributed by atoms with E-state index in [1.807, 2.05) is 49.4 Å². The molecule has 1 aromatic carbocycles. The number of nitrogens with two attached hydrogens (primary N) is 1. The van der Waals surface area contributed by atoms with Crippen LogP contribution >= 0.6 is 0 Å². The summed E-state index contributed by atoms with van der Waals surface area (Å²) < 4.78 is 6.29. The molecular weight excluding hydrogens is 312 g/mol. The minimum atomic E-state index is -0.245. The third kappa shape index (κ3) is 5.84. The zero-order valence-corrected chi connectivity index (χ0v) is 15.3. The average molecular weight is 338 g/mol. The van der Waals surface area contributed by atoms with Gasteiger partial charge in [0, 0.05) is 31.0 Å². The van der Waals surface area contributed by atoms with Gasteiger partial charge < -0.3 is 15.0 Å². The lowest BCUT2D eigenvalue weighted by Gasteiger charge is -2.09. The molecule has 0 fully saturated rings. The van der Waals surface area contributed by atoms with Crippen LogP contribution in [0.1, 0.15) is 19.5 Å².